The molecule has 0 aliphatic heterocycles. The van der Waals surface area contributed by atoms with Crippen LogP contribution in [0.15, 0.2) is 200 Å². The molecule has 0 fully saturated rings. The molecule has 0 atom stereocenters. The third-order valence-electron chi connectivity index (χ3n) is 11.6. The van der Waals surface area contributed by atoms with E-state index in [9.17, 15) is 0 Å². The number of pyridine rings is 1. The van der Waals surface area contributed by atoms with Gasteiger partial charge in [0.2, 0.25) is 0 Å². The molecule has 0 bridgehead atoms. The van der Waals surface area contributed by atoms with Crippen LogP contribution in [0.4, 0.5) is 0 Å². The molecule has 280 valence electrons. The zero-order valence-corrected chi connectivity index (χ0v) is 33.8. The highest BCUT2D eigenvalue weighted by Crippen LogP contribution is 2.41. The molecule has 0 amide bonds. The molecule has 8 aromatic carbocycles. The minimum atomic E-state index is 0.701. The number of hydrogen-bond donors (Lipinski definition) is 0. The Labute approximate surface area is 354 Å². The Kier molecular flexibility index (Phi) is 8.22. The zero-order valence-electron chi connectivity index (χ0n) is 32.2. The van der Waals surface area contributed by atoms with Gasteiger partial charge in [0.05, 0.1) is 11.4 Å². The first-order valence-corrected chi connectivity index (χ1v) is 21.7. The van der Waals surface area contributed by atoms with Crippen LogP contribution in [0, 0.1) is 0 Å². The number of nitrogens with zero attached hydrogens (tertiary/aromatic N) is 3. The lowest BCUT2D eigenvalue weighted by atomic mass is 9.98. The standard InChI is InChI=1S/C55H33N3S2/c1-2-8-38(9-3-1)55-57-49(31-50(58-55)37-20-16-35(17-21-37)48-33-56-32-42-10-4-5-11-43(42)48)36-18-14-34(15-19-36)39-22-25-53-46(28-39)47-30-41(24-27-54(47)60-53)40-23-26-52-45(29-40)44-12-6-7-13-51(44)59-52/h1-33H. The Morgan fingerprint density at radius 1 is 0.300 bits per heavy atom. The molecule has 0 unspecified atom stereocenters. The summed E-state index contributed by atoms with van der Waals surface area (Å²) in [6, 6.07) is 67.6. The van der Waals surface area contributed by atoms with Crippen LogP contribution in [0.1, 0.15) is 0 Å². The van der Waals surface area contributed by atoms with Gasteiger partial charge in [0, 0.05) is 80.4 Å². The van der Waals surface area contributed by atoms with Gasteiger partial charge in [-0.3, -0.25) is 4.98 Å². The lowest BCUT2D eigenvalue weighted by Crippen LogP contribution is -1.96. The van der Waals surface area contributed by atoms with Crippen molar-refractivity contribution in [2.24, 2.45) is 0 Å². The predicted octanol–water partition coefficient (Wildman–Crippen LogP) is 15.8. The number of rotatable bonds is 6. The molecule has 4 heterocycles. The van der Waals surface area contributed by atoms with Gasteiger partial charge < -0.3 is 0 Å². The fourth-order valence-corrected chi connectivity index (χ4v) is 10.7. The van der Waals surface area contributed by atoms with Crippen LogP contribution in [0.2, 0.25) is 0 Å². The van der Waals surface area contributed by atoms with Crippen LogP contribution in [-0.2, 0) is 0 Å². The lowest BCUT2D eigenvalue weighted by molar-refractivity contribution is 1.18. The van der Waals surface area contributed by atoms with Crippen molar-refractivity contribution < 1.29 is 0 Å². The third-order valence-corrected chi connectivity index (χ3v) is 13.9. The number of fused-ring (bicyclic) bond motifs is 7. The molecule has 12 rings (SSSR count). The van der Waals surface area contributed by atoms with Gasteiger partial charge in [-0.15, -0.1) is 22.7 Å². The summed E-state index contributed by atoms with van der Waals surface area (Å²) in [5.41, 5.74) is 11.9. The van der Waals surface area contributed by atoms with Gasteiger partial charge in [-0.2, -0.15) is 0 Å². The van der Waals surface area contributed by atoms with Crippen LogP contribution in [0.3, 0.4) is 0 Å². The molecule has 0 radical (unpaired) electrons. The van der Waals surface area contributed by atoms with E-state index in [1.807, 2.05) is 53.3 Å². The summed E-state index contributed by atoms with van der Waals surface area (Å²) in [5, 5.41) is 7.56. The van der Waals surface area contributed by atoms with Crippen molar-refractivity contribution in [2.45, 2.75) is 0 Å². The van der Waals surface area contributed by atoms with E-state index in [4.69, 9.17) is 9.97 Å². The van der Waals surface area contributed by atoms with Crippen LogP contribution in [0.5, 0.6) is 0 Å². The predicted molar refractivity (Wildman–Crippen MR) is 256 cm³/mol. The summed E-state index contributed by atoms with van der Waals surface area (Å²) in [4.78, 5) is 14.7. The maximum Gasteiger partial charge on any atom is 0.160 e. The van der Waals surface area contributed by atoms with E-state index in [0.717, 1.165) is 44.6 Å². The molecule has 0 saturated carbocycles. The normalized spacial score (nSPS) is 11.7. The van der Waals surface area contributed by atoms with Crippen LogP contribution >= 0.6 is 22.7 Å². The molecule has 12 aromatic rings. The Hall–Kier alpha value is -7.31. The maximum absolute atomic E-state index is 5.11. The number of aromatic nitrogens is 3. The largest absolute Gasteiger partial charge is 0.263 e. The first-order chi connectivity index (χ1) is 29.7. The first-order valence-electron chi connectivity index (χ1n) is 20.1. The van der Waals surface area contributed by atoms with Crippen molar-refractivity contribution in [3.8, 4) is 67.3 Å². The summed E-state index contributed by atoms with van der Waals surface area (Å²) in [7, 11) is 0. The highest BCUT2D eigenvalue weighted by Gasteiger charge is 2.14. The molecule has 5 heteroatoms. The maximum atomic E-state index is 5.11. The molecule has 4 aromatic heterocycles. The van der Waals surface area contributed by atoms with Crippen LogP contribution < -0.4 is 0 Å². The zero-order chi connectivity index (χ0) is 39.6. The molecule has 3 nitrogen and oxygen atoms in total. The third kappa shape index (κ3) is 6.06. The van der Waals surface area contributed by atoms with Crippen molar-refractivity contribution in [1.82, 2.24) is 15.0 Å². The summed E-state index contributed by atoms with van der Waals surface area (Å²) in [6.45, 7) is 0. The Bertz CT molecular complexity index is 3580. The van der Waals surface area contributed by atoms with Crippen LogP contribution in [-0.4, -0.2) is 15.0 Å². The second-order valence-corrected chi connectivity index (χ2v) is 17.4. The topological polar surface area (TPSA) is 38.7 Å². The van der Waals surface area contributed by atoms with Crippen molar-refractivity contribution >= 4 is 73.8 Å². The Morgan fingerprint density at radius 3 is 1.40 bits per heavy atom. The molecule has 0 N–H and O–H groups in total. The number of hydrogen-bond acceptors (Lipinski definition) is 5. The summed E-state index contributed by atoms with van der Waals surface area (Å²) < 4.78 is 5.26. The Balaban J connectivity index is 0.887. The average molecular weight is 800 g/mol. The number of thiophene rings is 2. The van der Waals surface area contributed by atoms with Crippen molar-refractivity contribution in [3.63, 3.8) is 0 Å². The van der Waals surface area contributed by atoms with E-state index in [2.05, 4.69) is 175 Å². The average Bonchev–Trinajstić information content (AvgIpc) is 3.89. The first kappa shape index (κ1) is 34.7. The molecule has 0 saturated heterocycles. The van der Waals surface area contributed by atoms with Crippen molar-refractivity contribution in [1.29, 1.82) is 0 Å². The van der Waals surface area contributed by atoms with Crippen molar-refractivity contribution in [2.75, 3.05) is 0 Å². The smallest absolute Gasteiger partial charge is 0.160 e. The van der Waals surface area contributed by atoms with E-state index in [1.54, 1.807) is 0 Å². The molecule has 60 heavy (non-hydrogen) atoms. The monoisotopic (exact) mass is 799 g/mol. The molecule has 0 spiro atoms. The molecule has 0 aliphatic carbocycles. The number of benzene rings is 8. The molecule has 0 aliphatic rings. The van der Waals surface area contributed by atoms with Gasteiger partial charge in [-0.25, -0.2) is 9.97 Å². The SMILES string of the molecule is c1ccc(-c2nc(-c3ccc(-c4ccc5sc6ccc(-c7ccc8sc9ccccc9c8c7)cc6c5c4)cc3)cc(-c3ccc(-c4cncc5ccccc45)cc3)n2)cc1. The van der Waals surface area contributed by atoms with E-state index in [-0.39, 0.29) is 0 Å². The van der Waals surface area contributed by atoms with Crippen LogP contribution in [0.25, 0.3) is 118 Å². The minimum absolute atomic E-state index is 0.701. The van der Waals surface area contributed by atoms with E-state index in [1.165, 1.54) is 68.0 Å². The summed E-state index contributed by atoms with van der Waals surface area (Å²) in [6.07, 6.45) is 3.86. The molecular formula is C55H33N3S2. The minimum Gasteiger partial charge on any atom is -0.263 e. The second-order valence-electron chi connectivity index (χ2n) is 15.2. The van der Waals surface area contributed by atoms with Gasteiger partial charge in [0.25, 0.3) is 0 Å². The van der Waals surface area contributed by atoms with Crippen molar-refractivity contribution in [3.05, 3.63) is 200 Å². The lowest BCUT2D eigenvalue weighted by Gasteiger charge is -2.11. The van der Waals surface area contributed by atoms with E-state index >= 15 is 0 Å². The van der Waals surface area contributed by atoms with E-state index < -0.39 is 0 Å². The van der Waals surface area contributed by atoms with Gasteiger partial charge in [0.1, 0.15) is 0 Å². The van der Waals surface area contributed by atoms with Gasteiger partial charge in [-0.05, 0) is 81.7 Å². The quantitative estimate of drug-likeness (QED) is 0.168. The second kappa shape index (κ2) is 14.2. The van der Waals surface area contributed by atoms with Gasteiger partial charge >= 0.3 is 0 Å². The summed E-state index contributed by atoms with van der Waals surface area (Å²) >= 11 is 3.72. The Morgan fingerprint density at radius 2 is 0.767 bits per heavy atom. The molecular weight excluding hydrogens is 767 g/mol. The highest BCUT2D eigenvalue weighted by atomic mass is 32.1. The van der Waals surface area contributed by atoms with Gasteiger partial charge in [0.15, 0.2) is 5.82 Å². The summed E-state index contributed by atoms with van der Waals surface area (Å²) in [5.74, 6) is 0.701. The fraction of sp³-hybridized carbons (Fsp3) is 0. The highest BCUT2D eigenvalue weighted by molar-refractivity contribution is 7.26. The van der Waals surface area contributed by atoms with E-state index in [0.29, 0.717) is 5.82 Å². The van der Waals surface area contributed by atoms with Gasteiger partial charge in [-0.1, -0.05) is 140 Å². The fourth-order valence-electron chi connectivity index (χ4n) is 8.50.